The van der Waals surface area contributed by atoms with Crippen LogP contribution in [0.3, 0.4) is 0 Å². The monoisotopic (exact) mass is 275 g/mol. The van der Waals surface area contributed by atoms with Crippen molar-refractivity contribution >= 4 is 0 Å². The Morgan fingerprint density at radius 2 is 2.00 bits per heavy atom. The molecule has 6 heteroatoms. The first-order valence-corrected chi connectivity index (χ1v) is 6.22. The molecule has 2 unspecified atom stereocenters. The summed E-state index contributed by atoms with van der Waals surface area (Å²) in [5.41, 5.74) is 2.05. The fraction of sp³-hybridized carbons (Fsp3) is 0.538. The number of halogens is 3. The number of ether oxygens (including phenoxy) is 1. The summed E-state index contributed by atoms with van der Waals surface area (Å²) in [6, 6.07) is 5.21. The third-order valence-corrected chi connectivity index (χ3v) is 3.06. The normalized spacial score (nSPS) is 22.9. The molecule has 19 heavy (non-hydrogen) atoms. The summed E-state index contributed by atoms with van der Waals surface area (Å²) in [5, 5.41) is 0. The lowest BCUT2D eigenvalue weighted by atomic mass is 9.89. The molecule has 1 aliphatic carbocycles. The second-order valence-corrected chi connectivity index (χ2v) is 4.38. The van der Waals surface area contributed by atoms with Gasteiger partial charge in [-0.25, -0.2) is 0 Å². The van der Waals surface area contributed by atoms with Crippen LogP contribution in [0.2, 0.25) is 0 Å². The van der Waals surface area contributed by atoms with Crippen molar-refractivity contribution in [2.45, 2.75) is 38.1 Å². The largest absolute Gasteiger partial charge is 0.488 e. The van der Waals surface area contributed by atoms with Gasteiger partial charge >= 0.3 is 6.18 Å². The van der Waals surface area contributed by atoms with Gasteiger partial charge in [-0.3, -0.25) is 0 Å². The number of nitrogens with one attached hydrogen (secondary N) is 1. The van der Waals surface area contributed by atoms with E-state index < -0.39 is 11.7 Å². The molecule has 2 rings (SSSR count). The summed E-state index contributed by atoms with van der Waals surface area (Å²) in [7, 11) is 0. The van der Waals surface area contributed by atoms with Crippen LogP contribution in [0, 0.1) is 0 Å². The number of alkyl halides is 3. The molecule has 1 aliphatic rings. The molecular formula is C13H16F3NO2. The van der Waals surface area contributed by atoms with E-state index in [1.54, 1.807) is 0 Å². The average molecular weight is 275 g/mol. The van der Waals surface area contributed by atoms with Gasteiger partial charge in [0.25, 0.3) is 0 Å². The highest BCUT2D eigenvalue weighted by Crippen LogP contribution is 2.37. The topological polar surface area (TPSA) is 30.5 Å². The lowest BCUT2D eigenvalue weighted by molar-refractivity contribution is -0.140. The van der Waals surface area contributed by atoms with E-state index in [1.807, 2.05) is 6.92 Å². The van der Waals surface area contributed by atoms with Gasteiger partial charge in [-0.2, -0.15) is 18.7 Å². The number of benzene rings is 1. The fourth-order valence-corrected chi connectivity index (χ4v) is 1.90. The van der Waals surface area contributed by atoms with Crippen molar-refractivity contribution in [1.29, 1.82) is 0 Å². The molecule has 1 aromatic carbocycles. The third kappa shape index (κ3) is 3.39. The van der Waals surface area contributed by atoms with Crippen LogP contribution in [-0.4, -0.2) is 18.8 Å². The van der Waals surface area contributed by atoms with Crippen molar-refractivity contribution in [1.82, 2.24) is 5.48 Å². The van der Waals surface area contributed by atoms with Crippen molar-refractivity contribution in [3.63, 3.8) is 0 Å². The molecule has 0 amide bonds. The van der Waals surface area contributed by atoms with Gasteiger partial charge in [0.1, 0.15) is 11.9 Å². The van der Waals surface area contributed by atoms with Crippen LogP contribution in [0.4, 0.5) is 13.2 Å². The molecule has 0 aliphatic heterocycles. The van der Waals surface area contributed by atoms with Crippen molar-refractivity contribution in [3.05, 3.63) is 29.8 Å². The number of para-hydroxylation sites is 1. The fourth-order valence-electron chi connectivity index (χ4n) is 1.90. The van der Waals surface area contributed by atoms with Crippen molar-refractivity contribution in [3.8, 4) is 5.75 Å². The zero-order chi connectivity index (χ0) is 13.9. The summed E-state index contributed by atoms with van der Waals surface area (Å²) in [6.45, 7) is 2.34. The first-order chi connectivity index (χ1) is 9.02. The highest BCUT2D eigenvalue weighted by molar-refractivity contribution is 5.36. The van der Waals surface area contributed by atoms with E-state index >= 15 is 0 Å². The van der Waals surface area contributed by atoms with E-state index in [0.717, 1.165) is 18.9 Å². The van der Waals surface area contributed by atoms with Crippen LogP contribution >= 0.6 is 0 Å². The van der Waals surface area contributed by atoms with Gasteiger partial charge in [0, 0.05) is 0 Å². The molecule has 2 atom stereocenters. The van der Waals surface area contributed by atoms with Gasteiger partial charge in [0.05, 0.1) is 18.2 Å². The lowest BCUT2D eigenvalue weighted by Crippen LogP contribution is -2.51. The number of rotatable bonds is 5. The zero-order valence-corrected chi connectivity index (χ0v) is 10.5. The van der Waals surface area contributed by atoms with Gasteiger partial charge in [-0.1, -0.05) is 12.1 Å². The first kappa shape index (κ1) is 14.1. The van der Waals surface area contributed by atoms with Crippen molar-refractivity contribution < 1.29 is 22.7 Å². The molecule has 0 radical (unpaired) electrons. The molecule has 3 nitrogen and oxygen atoms in total. The first-order valence-electron chi connectivity index (χ1n) is 6.22. The Kier molecular flexibility index (Phi) is 4.31. The van der Waals surface area contributed by atoms with Crippen LogP contribution in [0.1, 0.15) is 25.3 Å². The van der Waals surface area contributed by atoms with E-state index in [9.17, 15) is 13.2 Å². The maximum Gasteiger partial charge on any atom is 0.419 e. The minimum Gasteiger partial charge on any atom is -0.488 e. The zero-order valence-electron chi connectivity index (χ0n) is 10.5. The van der Waals surface area contributed by atoms with Gasteiger partial charge in [-0.05, 0) is 31.9 Å². The summed E-state index contributed by atoms with van der Waals surface area (Å²) >= 11 is 0. The Morgan fingerprint density at radius 1 is 1.26 bits per heavy atom. The summed E-state index contributed by atoms with van der Waals surface area (Å²) in [4.78, 5) is 5.05. The van der Waals surface area contributed by atoms with Crippen LogP contribution in [0.25, 0.3) is 0 Å². The molecule has 1 aromatic rings. The van der Waals surface area contributed by atoms with E-state index in [1.165, 1.54) is 18.2 Å². The molecule has 0 saturated heterocycles. The van der Waals surface area contributed by atoms with E-state index in [-0.39, 0.29) is 17.9 Å². The maximum absolute atomic E-state index is 12.8. The lowest BCUT2D eigenvalue weighted by Gasteiger charge is -2.37. The smallest absolute Gasteiger partial charge is 0.419 e. The summed E-state index contributed by atoms with van der Waals surface area (Å²) < 4.78 is 43.9. The second kappa shape index (κ2) is 5.79. The number of hydrogen-bond donors (Lipinski definition) is 1. The van der Waals surface area contributed by atoms with Gasteiger partial charge in [-0.15, -0.1) is 0 Å². The number of hydroxylamine groups is 1. The minimum absolute atomic E-state index is 0.0544. The van der Waals surface area contributed by atoms with Crippen LogP contribution in [0.5, 0.6) is 5.75 Å². The molecule has 0 spiro atoms. The van der Waals surface area contributed by atoms with Crippen LogP contribution in [0.15, 0.2) is 24.3 Å². The molecule has 1 N–H and O–H groups in total. The van der Waals surface area contributed by atoms with Gasteiger partial charge in [0.2, 0.25) is 0 Å². The minimum atomic E-state index is -4.40. The molecule has 106 valence electrons. The Bertz CT molecular complexity index is 423. The predicted molar refractivity (Wildman–Crippen MR) is 63.6 cm³/mol. The van der Waals surface area contributed by atoms with E-state index in [0.29, 0.717) is 6.61 Å². The molecule has 0 heterocycles. The van der Waals surface area contributed by atoms with Crippen LogP contribution < -0.4 is 10.2 Å². The van der Waals surface area contributed by atoms with Crippen molar-refractivity contribution in [2.24, 2.45) is 0 Å². The quantitative estimate of drug-likeness (QED) is 0.837. The molecular weight excluding hydrogens is 259 g/mol. The molecule has 1 saturated carbocycles. The summed E-state index contributed by atoms with van der Waals surface area (Å²) in [5.74, 6) is -0.122. The van der Waals surface area contributed by atoms with E-state index in [4.69, 9.17) is 9.57 Å². The Balaban J connectivity index is 2.03. The maximum atomic E-state index is 12.8. The van der Waals surface area contributed by atoms with E-state index in [2.05, 4.69) is 5.48 Å². The Hall–Kier alpha value is -1.27. The molecule has 1 fully saturated rings. The summed E-state index contributed by atoms with van der Waals surface area (Å²) in [6.07, 6.45) is -3.13. The average Bonchev–Trinajstić information content (AvgIpc) is 2.34. The highest BCUT2D eigenvalue weighted by Gasteiger charge is 2.38. The highest BCUT2D eigenvalue weighted by atomic mass is 19.4. The Morgan fingerprint density at radius 3 is 2.58 bits per heavy atom. The Labute approximate surface area is 109 Å². The molecule has 0 bridgehead atoms. The van der Waals surface area contributed by atoms with Crippen molar-refractivity contribution in [2.75, 3.05) is 6.61 Å². The van der Waals surface area contributed by atoms with Gasteiger partial charge in [0.15, 0.2) is 0 Å². The SMILES string of the molecule is CCONC1CCC1Oc1ccccc1C(F)(F)F. The third-order valence-electron chi connectivity index (χ3n) is 3.06. The second-order valence-electron chi connectivity index (χ2n) is 4.38. The van der Waals surface area contributed by atoms with Crippen LogP contribution in [-0.2, 0) is 11.0 Å². The standard InChI is InChI=1S/C13H16F3NO2/c1-2-18-17-10-7-8-12(10)19-11-6-4-3-5-9(11)13(14,15)16/h3-6,10,12,17H,2,7-8H2,1H3. The molecule has 0 aromatic heterocycles. The van der Waals surface area contributed by atoms with Gasteiger partial charge < -0.3 is 9.57 Å². The number of hydrogen-bond acceptors (Lipinski definition) is 3. The predicted octanol–water partition coefficient (Wildman–Crippen LogP) is 3.16.